The zero-order valence-electron chi connectivity index (χ0n) is 11.0. The number of halogens is 3. The van der Waals surface area contributed by atoms with Crippen LogP contribution in [-0.2, 0) is 0 Å². The van der Waals surface area contributed by atoms with Gasteiger partial charge in [0.2, 0.25) is 0 Å². The lowest BCUT2D eigenvalue weighted by molar-refractivity contribution is -0.274. The predicted molar refractivity (Wildman–Crippen MR) is 68.2 cm³/mol. The van der Waals surface area contributed by atoms with Crippen LogP contribution in [0.25, 0.3) is 0 Å². The monoisotopic (exact) mass is 288 g/mol. The number of aldehydes is 1. The van der Waals surface area contributed by atoms with E-state index in [1.807, 2.05) is 7.05 Å². The Morgan fingerprint density at radius 1 is 1.20 bits per heavy atom. The summed E-state index contributed by atoms with van der Waals surface area (Å²) in [5.74, 6) is -0.271. The van der Waals surface area contributed by atoms with E-state index in [0.29, 0.717) is 30.6 Å². The molecule has 7 heteroatoms. The zero-order chi connectivity index (χ0) is 14.8. The molecule has 0 amide bonds. The van der Waals surface area contributed by atoms with E-state index in [4.69, 9.17) is 0 Å². The van der Waals surface area contributed by atoms with Crippen LogP contribution in [0.15, 0.2) is 18.2 Å². The molecule has 1 aromatic carbocycles. The first-order valence-corrected chi connectivity index (χ1v) is 6.17. The average molecular weight is 288 g/mol. The third-order valence-corrected chi connectivity index (χ3v) is 3.19. The number of nitrogens with zero attached hydrogens (tertiary/aromatic N) is 2. The van der Waals surface area contributed by atoms with Crippen molar-refractivity contribution < 1.29 is 22.7 Å². The fraction of sp³-hybridized carbons (Fsp3) is 0.462. The van der Waals surface area contributed by atoms with Gasteiger partial charge in [0.05, 0.1) is 5.69 Å². The number of hydrogen-bond donors (Lipinski definition) is 0. The summed E-state index contributed by atoms with van der Waals surface area (Å²) in [4.78, 5) is 14.7. The fourth-order valence-electron chi connectivity index (χ4n) is 2.11. The van der Waals surface area contributed by atoms with Gasteiger partial charge in [0.15, 0.2) is 5.75 Å². The molecule has 1 aliphatic rings. The van der Waals surface area contributed by atoms with Gasteiger partial charge in [-0.3, -0.25) is 4.79 Å². The topological polar surface area (TPSA) is 32.8 Å². The van der Waals surface area contributed by atoms with Crippen LogP contribution < -0.4 is 9.64 Å². The minimum absolute atomic E-state index is 0.271. The second-order valence-corrected chi connectivity index (χ2v) is 4.68. The Balaban J connectivity index is 2.29. The fourth-order valence-corrected chi connectivity index (χ4v) is 2.11. The lowest BCUT2D eigenvalue weighted by atomic mass is 10.1. The molecular formula is C13H15F3N2O2. The molecule has 0 spiro atoms. The SMILES string of the molecule is CN1CCN(c2cc(C=O)ccc2OC(F)(F)F)CC1. The zero-order valence-corrected chi connectivity index (χ0v) is 11.0. The number of carbonyl (C=O) groups excluding carboxylic acids is 1. The molecule has 0 bridgehead atoms. The summed E-state index contributed by atoms with van der Waals surface area (Å²) in [6.45, 7) is 2.67. The van der Waals surface area contributed by atoms with E-state index in [0.717, 1.165) is 13.1 Å². The number of rotatable bonds is 3. The number of alkyl halides is 3. The van der Waals surface area contributed by atoms with E-state index in [1.54, 1.807) is 4.90 Å². The van der Waals surface area contributed by atoms with Gasteiger partial charge in [-0.15, -0.1) is 13.2 Å². The Bertz CT molecular complexity index is 483. The van der Waals surface area contributed by atoms with E-state index >= 15 is 0 Å². The van der Waals surface area contributed by atoms with Gasteiger partial charge in [0.1, 0.15) is 6.29 Å². The van der Waals surface area contributed by atoms with Crippen molar-refractivity contribution in [2.24, 2.45) is 0 Å². The first-order valence-electron chi connectivity index (χ1n) is 6.17. The highest BCUT2D eigenvalue weighted by atomic mass is 19.4. The first kappa shape index (κ1) is 14.6. The van der Waals surface area contributed by atoms with E-state index in [2.05, 4.69) is 9.64 Å². The van der Waals surface area contributed by atoms with Crippen molar-refractivity contribution in [3.05, 3.63) is 23.8 Å². The normalized spacial score (nSPS) is 17.1. The van der Waals surface area contributed by atoms with Gasteiger partial charge in [-0.1, -0.05) is 0 Å². The van der Waals surface area contributed by atoms with Gasteiger partial charge in [0, 0.05) is 31.7 Å². The number of benzene rings is 1. The standard InChI is InChI=1S/C13H15F3N2O2/c1-17-4-6-18(7-5-17)11-8-10(9-19)2-3-12(11)20-13(14,15)16/h2-3,8-9H,4-7H2,1H3. The third-order valence-electron chi connectivity index (χ3n) is 3.19. The summed E-state index contributed by atoms with van der Waals surface area (Å²) < 4.78 is 41.3. The molecule has 2 rings (SSSR count). The number of hydrogen-bond acceptors (Lipinski definition) is 4. The summed E-state index contributed by atoms with van der Waals surface area (Å²) in [6, 6.07) is 3.93. The van der Waals surface area contributed by atoms with Gasteiger partial charge in [-0.2, -0.15) is 0 Å². The smallest absolute Gasteiger partial charge is 0.404 e. The first-order chi connectivity index (χ1) is 9.39. The Morgan fingerprint density at radius 2 is 1.85 bits per heavy atom. The van der Waals surface area contributed by atoms with Crippen molar-refractivity contribution in [2.45, 2.75) is 6.36 Å². The summed E-state index contributed by atoms with van der Waals surface area (Å²) >= 11 is 0. The highest BCUT2D eigenvalue weighted by Crippen LogP contribution is 2.34. The Morgan fingerprint density at radius 3 is 2.40 bits per heavy atom. The Hall–Kier alpha value is -1.76. The second-order valence-electron chi connectivity index (χ2n) is 4.68. The van der Waals surface area contributed by atoms with E-state index in [-0.39, 0.29) is 5.75 Å². The molecule has 4 nitrogen and oxygen atoms in total. The van der Waals surface area contributed by atoms with E-state index < -0.39 is 6.36 Å². The van der Waals surface area contributed by atoms with Crippen LogP contribution >= 0.6 is 0 Å². The maximum absolute atomic E-state index is 12.4. The van der Waals surface area contributed by atoms with Crippen LogP contribution in [-0.4, -0.2) is 50.8 Å². The van der Waals surface area contributed by atoms with Gasteiger partial charge >= 0.3 is 6.36 Å². The lowest BCUT2D eigenvalue weighted by Gasteiger charge is -2.35. The molecule has 0 aromatic heterocycles. The Labute approximate surface area is 114 Å². The van der Waals surface area contributed by atoms with Crippen molar-refractivity contribution >= 4 is 12.0 Å². The van der Waals surface area contributed by atoms with Crippen LogP contribution in [0, 0.1) is 0 Å². The molecule has 0 atom stereocenters. The molecule has 1 heterocycles. The van der Waals surface area contributed by atoms with Gasteiger partial charge in [-0.05, 0) is 25.2 Å². The van der Waals surface area contributed by atoms with Crippen molar-refractivity contribution in [2.75, 3.05) is 38.1 Å². The molecule has 1 fully saturated rings. The number of carbonyl (C=O) groups is 1. The van der Waals surface area contributed by atoms with Crippen molar-refractivity contribution in [1.82, 2.24) is 4.90 Å². The summed E-state index contributed by atoms with van der Waals surface area (Å²) in [7, 11) is 1.95. The van der Waals surface area contributed by atoms with E-state index in [1.165, 1.54) is 18.2 Å². The summed E-state index contributed by atoms with van der Waals surface area (Å²) in [6.07, 6.45) is -4.14. The number of piperazine rings is 1. The molecule has 1 aliphatic heterocycles. The molecule has 110 valence electrons. The average Bonchev–Trinajstić information content (AvgIpc) is 2.38. The van der Waals surface area contributed by atoms with Gasteiger partial charge in [-0.25, -0.2) is 0 Å². The molecule has 1 saturated heterocycles. The molecular weight excluding hydrogens is 273 g/mol. The molecule has 20 heavy (non-hydrogen) atoms. The molecule has 0 radical (unpaired) electrons. The number of likely N-dealkylation sites (N-methyl/N-ethyl adjacent to an activating group) is 1. The maximum Gasteiger partial charge on any atom is 0.573 e. The van der Waals surface area contributed by atoms with Crippen molar-refractivity contribution in [1.29, 1.82) is 0 Å². The van der Waals surface area contributed by atoms with Crippen LogP contribution in [0.3, 0.4) is 0 Å². The molecule has 0 saturated carbocycles. The molecule has 0 N–H and O–H groups in total. The van der Waals surface area contributed by atoms with Crippen molar-refractivity contribution in [3.63, 3.8) is 0 Å². The quantitative estimate of drug-likeness (QED) is 0.798. The van der Waals surface area contributed by atoms with Crippen LogP contribution in [0.4, 0.5) is 18.9 Å². The molecule has 0 unspecified atom stereocenters. The minimum atomic E-state index is -4.75. The van der Waals surface area contributed by atoms with Crippen LogP contribution in [0.5, 0.6) is 5.75 Å². The summed E-state index contributed by atoms with van der Waals surface area (Å²) in [5.41, 5.74) is 0.633. The number of ether oxygens (including phenoxy) is 1. The highest BCUT2D eigenvalue weighted by Gasteiger charge is 2.33. The Kier molecular flexibility index (Phi) is 4.17. The molecule has 0 aliphatic carbocycles. The molecule has 1 aromatic rings. The largest absolute Gasteiger partial charge is 0.573 e. The lowest BCUT2D eigenvalue weighted by Crippen LogP contribution is -2.44. The van der Waals surface area contributed by atoms with Gasteiger partial charge < -0.3 is 14.5 Å². The van der Waals surface area contributed by atoms with Crippen LogP contribution in [0.2, 0.25) is 0 Å². The third kappa shape index (κ3) is 3.63. The van der Waals surface area contributed by atoms with Gasteiger partial charge in [0.25, 0.3) is 0 Å². The van der Waals surface area contributed by atoms with Crippen LogP contribution in [0.1, 0.15) is 10.4 Å². The minimum Gasteiger partial charge on any atom is -0.404 e. The summed E-state index contributed by atoms with van der Waals surface area (Å²) in [5, 5.41) is 0. The highest BCUT2D eigenvalue weighted by molar-refractivity contribution is 5.79. The number of anilines is 1. The van der Waals surface area contributed by atoms with E-state index in [9.17, 15) is 18.0 Å². The maximum atomic E-state index is 12.4. The predicted octanol–water partition coefficient (Wildman–Crippen LogP) is 2.15. The van der Waals surface area contributed by atoms with Crippen molar-refractivity contribution in [3.8, 4) is 5.75 Å². The second kappa shape index (κ2) is 5.70.